The van der Waals surface area contributed by atoms with E-state index in [1.54, 1.807) is 24.3 Å². The number of hydrogen-bond donors (Lipinski definition) is 1. The van der Waals surface area contributed by atoms with Gasteiger partial charge in [0.2, 0.25) is 0 Å². The zero-order chi connectivity index (χ0) is 16.7. The number of ether oxygens (including phenoxy) is 2. The zero-order valence-electron chi connectivity index (χ0n) is 11.9. The number of halogens is 2. The van der Waals surface area contributed by atoms with Gasteiger partial charge in [-0.3, -0.25) is 4.79 Å². The zero-order valence-corrected chi connectivity index (χ0v) is 12.7. The largest absolute Gasteiger partial charge is 0.482 e. The molecule has 2 rings (SSSR count). The number of anilines is 1. The minimum absolute atomic E-state index is 0.0529. The van der Waals surface area contributed by atoms with Crippen molar-refractivity contribution in [2.24, 2.45) is 0 Å². The third-order valence-electron chi connectivity index (χ3n) is 2.67. The summed E-state index contributed by atoms with van der Waals surface area (Å²) >= 11 is 5.77. The molecule has 0 saturated heterocycles. The van der Waals surface area contributed by atoms with Crippen LogP contribution in [-0.2, 0) is 14.3 Å². The lowest BCUT2D eigenvalue weighted by molar-refractivity contribution is -0.149. The topological polar surface area (TPSA) is 64.6 Å². The fourth-order valence-electron chi connectivity index (χ4n) is 1.62. The molecule has 5 nitrogen and oxygen atoms in total. The molecule has 23 heavy (non-hydrogen) atoms. The number of carbonyl (C=O) groups is 2. The molecular formula is C16H13ClFNO4. The number of benzene rings is 2. The minimum atomic E-state index is -0.686. The number of nitrogens with one attached hydrogen (secondary N) is 1. The van der Waals surface area contributed by atoms with Gasteiger partial charge in [-0.1, -0.05) is 29.8 Å². The summed E-state index contributed by atoms with van der Waals surface area (Å²) in [6.07, 6.45) is 0. The van der Waals surface area contributed by atoms with E-state index in [-0.39, 0.29) is 17.3 Å². The molecule has 0 spiro atoms. The molecule has 1 N–H and O–H groups in total. The molecular weight excluding hydrogens is 325 g/mol. The first kappa shape index (κ1) is 16.8. The van der Waals surface area contributed by atoms with Crippen LogP contribution in [-0.4, -0.2) is 25.1 Å². The highest BCUT2D eigenvalue weighted by atomic mass is 35.5. The fourth-order valence-corrected chi connectivity index (χ4v) is 1.84. The molecule has 0 fully saturated rings. The fraction of sp³-hybridized carbons (Fsp3) is 0.125. The molecule has 0 aliphatic heterocycles. The second-order valence-corrected chi connectivity index (χ2v) is 4.84. The van der Waals surface area contributed by atoms with Crippen LogP contribution in [0.5, 0.6) is 5.75 Å². The van der Waals surface area contributed by atoms with Crippen LogP contribution < -0.4 is 10.1 Å². The summed E-state index contributed by atoms with van der Waals surface area (Å²) in [5.41, 5.74) is 0.231. The van der Waals surface area contributed by atoms with Crippen LogP contribution in [0.15, 0.2) is 48.5 Å². The molecule has 0 unspecified atom stereocenters. The molecule has 0 aromatic heterocycles. The Hall–Kier alpha value is -2.60. The van der Waals surface area contributed by atoms with Crippen molar-refractivity contribution in [2.45, 2.75) is 0 Å². The van der Waals surface area contributed by atoms with E-state index in [9.17, 15) is 14.0 Å². The Balaban J connectivity index is 1.74. The van der Waals surface area contributed by atoms with Crippen LogP contribution in [0.4, 0.5) is 10.1 Å². The van der Waals surface area contributed by atoms with Crippen molar-refractivity contribution in [3.63, 3.8) is 0 Å². The van der Waals surface area contributed by atoms with Gasteiger partial charge < -0.3 is 14.8 Å². The Morgan fingerprint density at radius 3 is 2.52 bits per heavy atom. The van der Waals surface area contributed by atoms with Crippen molar-refractivity contribution in [3.8, 4) is 5.75 Å². The molecule has 1 amide bonds. The van der Waals surface area contributed by atoms with E-state index in [1.165, 1.54) is 6.07 Å². The van der Waals surface area contributed by atoms with Crippen molar-refractivity contribution in [2.75, 3.05) is 18.5 Å². The van der Waals surface area contributed by atoms with Crippen LogP contribution in [0.1, 0.15) is 0 Å². The number of esters is 1. The Kier molecular flexibility index (Phi) is 5.94. The van der Waals surface area contributed by atoms with E-state index in [0.717, 1.165) is 12.1 Å². The van der Waals surface area contributed by atoms with Gasteiger partial charge in [0.05, 0.1) is 10.7 Å². The van der Waals surface area contributed by atoms with Gasteiger partial charge >= 0.3 is 5.97 Å². The Bertz CT molecular complexity index is 694. The van der Waals surface area contributed by atoms with Crippen molar-refractivity contribution in [3.05, 3.63) is 59.4 Å². The number of rotatable bonds is 6. The van der Waals surface area contributed by atoms with Crippen molar-refractivity contribution >= 4 is 29.2 Å². The average Bonchev–Trinajstić information content (AvgIpc) is 2.54. The third kappa shape index (κ3) is 5.60. The van der Waals surface area contributed by atoms with Crippen LogP contribution in [0.25, 0.3) is 0 Å². The Labute approximate surface area is 137 Å². The molecule has 2 aromatic rings. The number of amides is 1. The van der Waals surface area contributed by atoms with E-state index >= 15 is 0 Å². The lowest BCUT2D eigenvalue weighted by Gasteiger charge is -2.09. The first-order chi connectivity index (χ1) is 11.0. The molecule has 120 valence electrons. The summed E-state index contributed by atoms with van der Waals surface area (Å²) in [4.78, 5) is 23.1. The number of hydrogen-bond acceptors (Lipinski definition) is 4. The predicted octanol–water partition coefficient (Wildman–Crippen LogP) is 3.04. The van der Waals surface area contributed by atoms with Gasteiger partial charge in [-0.15, -0.1) is 0 Å². The molecule has 0 radical (unpaired) electrons. The predicted molar refractivity (Wildman–Crippen MR) is 82.9 cm³/mol. The number of para-hydroxylation sites is 1. The lowest BCUT2D eigenvalue weighted by atomic mass is 10.3. The van der Waals surface area contributed by atoms with E-state index in [1.807, 2.05) is 6.07 Å². The summed E-state index contributed by atoms with van der Waals surface area (Å²) < 4.78 is 22.8. The Morgan fingerprint density at radius 2 is 1.83 bits per heavy atom. The molecule has 7 heteroatoms. The maximum Gasteiger partial charge on any atom is 0.344 e. The summed E-state index contributed by atoms with van der Waals surface area (Å²) in [6, 6.07) is 12.3. The second-order valence-electron chi connectivity index (χ2n) is 4.43. The molecule has 0 bridgehead atoms. The van der Waals surface area contributed by atoms with Gasteiger partial charge in [0.15, 0.2) is 13.2 Å². The quantitative estimate of drug-likeness (QED) is 0.823. The molecule has 2 aromatic carbocycles. The SMILES string of the molecule is O=C(COC(=O)COc1ccccc1)Nc1ccc(F)cc1Cl. The van der Waals surface area contributed by atoms with Gasteiger partial charge in [-0.05, 0) is 30.3 Å². The van der Waals surface area contributed by atoms with Crippen molar-refractivity contribution in [1.29, 1.82) is 0 Å². The highest BCUT2D eigenvalue weighted by Gasteiger charge is 2.10. The molecule has 0 saturated carbocycles. The Morgan fingerprint density at radius 1 is 1.09 bits per heavy atom. The van der Waals surface area contributed by atoms with Gasteiger partial charge in [0, 0.05) is 0 Å². The van der Waals surface area contributed by atoms with Crippen molar-refractivity contribution in [1.82, 2.24) is 0 Å². The van der Waals surface area contributed by atoms with Crippen LogP contribution in [0, 0.1) is 5.82 Å². The van der Waals surface area contributed by atoms with Crippen LogP contribution in [0.3, 0.4) is 0 Å². The smallest absolute Gasteiger partial charge is 0.344 e. The first-order valence-electron chi connectivity index (χ1n) is 6.63. The van der Waals surface area contributed by atoms with Crippen LogP contribution >= 0.6 is 11.6 Å². The summed E-state index contributed by atoms with van der Waals surface area (Å²) in [6.45, 7) is -0.806. The van der Waals surface area contributed by atoms with Gasteiger partial charge in [0.1, 0.15) is 11.6 Å². The molecule has 0 atom stereocenters. The maximum atomic E-state index is 12.9. The number of carbonyl (C=O) groups excluding carboxylic acids is 2. The van der Waals surface area contributed by atoms with Gasteiger partial charge in [-0.2, -0.15) is 0 Å². The van der Waals surface area contributed by atoms with Crippen LogP contribution in [0.2, 0.25) is 5.02 Å². The highest BCUT2D eigenvalue weighted by Crippen LogP contribution is 2.22. The molecule has 0 aliphatic rings. The average molecular weight is 338 g/mol. The minimum Gasteiger partial charge on any atom is -0.482 e. The molecule has 0 aliphatic carbocycles. The van der Waals surface area contributed by atoms with Gasteiger partial charge in [0.25, 0.3) is 5.91 Å². The molecule has 0 heterocycles. The summed E-state index contributed by atoms with van der Waals surface area (Å²) in [5, 5.41) is 2.46. The lowest BCUT2D eigenvalue weighted by Crippen LogP contribution is -2.23. The highest BCUT2D eigenvalue weighted by molar-refractivity contribution is 6.33. The first-order valence-corrected chi connectivity index (χ1v) is 7.01. The maximum absolute atomic E-state index is 12.9. The van der Waals surface area contributed by atoms with Crippen molar-refractivity contribution < 1.29 is 23.5 Å². The standard InChI is InChI=1S/C16H13ClFNO4/c17-13-8-11(18)6-7-14(13)19-15(20)9-23-16(21)10-22-12-4-2-1-3-5-12/h1-8H,9-10H2,(H,19,20). The van der Waals surface area contributed by atoms with E-state index in [0.29, 0.717) is 5.75 Å². The summed E-state index contributed by atoms with van der Waals surface area (Å²) in [7, 11) is 0. The summed E-state index contributed by atoms with van der Waals surface area (Å²) in [5.74, 6) is -1.27. The third-order valence-corrected chi connectivity index (χ3v) is 2.98. The normalized spacial score (nSPS) is 10.0. The van der Waals surface area contributed by atoms with E-state index < -0.39 is 24.3 Å². The van der Waals surface area contributed by atoms with E-state index in [4.69, 9.17) is 21.1 Å². The second kappa shape index (κ2) is 8.14. The van der Waals surface area contributed by atoms with Gasteiger partial charge in [-0.25, -0.2) is 9.18 Å². The monoisotopic (exact) mass is 337 g/mol. The van der Waals surface area contributed by atoms with E-state index in [2.05, 4.69) is 5.32 Å².